The Kier molecular flexibility index (Phi) is 3.40. The number of hydrogen-bond acceptors (Lipinski definition) is 2. The first-order chi connectivity index (χ1) is 7.95. The average Bonchev–Trinajstić information content (AvgIpc) is 2.22. The Bertz CT molecular complexity index is 384. The summed E-state index contributed by atoms with van der Waals surface area (Å²) in [4.78, 5) is 0. The number of alkyl halides is 3. The summed E-state index contributed by atoms with van der Waals surface area (Å²) in [5.41, 5.74) is 5.69. The minimum absolute atomic E-state index is 0.244. The van der Waals surface area contributed by atoms with Crippen LogP contribution in [0, 0.1) is 0 Å². The molecule has 0 aliphatic heterocycles. The van der Waals surface area contributed by atoms with Crippen LogP contribution in [0.1, 0.15) is 24.0 Å². The fourth-order valence-electron chi connectivity index (χ4n) is 1.95. The van der Waals surface area contributed by atoms with E-state index >= 15 is 0 Å². The smallest absolute Gasteiger partial charge is 0.328 e. The molecule has 1 aromatic rings. The van der Waals surface area contributed by atoms with Crippen LogP contribution in [0.4, 0.5) is 13.2 Å². The fourth-order valence-corrected chi connectivity index (χ4v) is 1.95. The second kappa shape index (κ2) is 4.66. The van der Waals surface area contributed by atoms with Gasteiger partial charge in [-0.05, 0) is 24.5 Å². The van der Waals surface area contributed by atoms with Gasteiger partial charge >= 0.3 is 6.18 Å². The normalized spacial score (nSPS) is 24.5. The van der Waals surface area contributed by atoms with E-state index < -0.39 is 11.7 Å². The van der Waals surface area contributed by atoms with Crippen molar-refractivity contribution < 1.29 is 13.2 Å². The Morgan fingerprint density at radius 2 is 2.00 bits per heavy atom. The Hall–Kier alpha value is -1.07. The number of nitrogens with one attached hydrogen (secondary N) is 1. The quantitative estimate of drug-likeness (QED) is 0.856. The molecule has 2 rings (SSSR count). The van der Waals surface area contributed by atoms with E-state index in [1.54, 1.807) is 6.07 Å². The van der Waals surface area contributed by atoms with E-state index in [2.05, 4.69) is 5.32 Å². The van der Waals surface area contributed by atoms with E-state index in [0.717, 1.165) is 18.9 Å². The summed E-state index contributed by atoms with van der Waals surface area (Å²) >= 11 is 0. The number of halogens is 3. The molecule has 17 heavy (non-hydrogen) atoms. The maximum Gasteiger partial charge on any atom is 0.416 e. The predicted molar refractivity (Wildman–Crippen MR) is 59.3 cm³/mol. The molecule has 0 atom stereocenters. The minimum atomic E-state index is -4.27. The Morgan fingerprint density at radius 1 is 1.29 bits per heavy atom. The van der Waals surface area contributed by atoms with Gasteiger partial charge in [0.05, 0.1) is 5.56 Å². The Balaban J connectivity index is 1.92. The van der Waals surface area contributed by atoms with Crippen molar-refractivity contribution in [1.82, 2.24) is 5.32 Å². The lowest BCUT2D eigenvalue weighted by Gasteiger charge is -2.33. The van der Waals surface area contributed by atoms with Crippen molar-refractivity contribution in [2.45, 2.75) is 37.6 Å². The highest BCUT2D eigenvalue weighted by molar-refractivity contribution is 5.25. The average molecular weight is 244 g/mol. The summed E-state index contributed by atoms with van der Waals surface area (Å²) in [6.07, 6.45) is -2.47. The molecule has 0 amide bonds. The highest BCUT2D eigenvalue weighted by atomic mass is 19.4. The van der Waals surface area contributed by atoms with Crippen LogP contribution in [-0.2, 0) is 12.7 Å². The molecule has 0 heterocycles. The van der Waals surface area contributed by atoms with Gasteiger partial charge in [0.25, 0.3) is 0 Å². The topological polar surface area (TPSA) is 38.0 Å². The molecule has 1 aliphatic rings. The van der Waals surface area contributed by atoms with Gasteiger partial charge in [-0.3, -0.25) is 0 Å². The van der Waals surface area contributed by atoms with Gasteiger partial charge in [0, 0.05) is 18.6 Å². The molecule has 2 nitrogen and oxygen atoms in total. The van der Waals surface area contributed by atoms with Crippen LogP contribution in [0.5, 0.6) is 0 Å². The summed E-state index contributed by atoms with van der Waals surface area (Å²) in [5, 5.41) is 3.20. The number of rotatable bonds is 3. The SMILES string of the molecule is NC1CC(NCc2cccc(C(F)(F)F)c2)C1. The largest absolute Gasteiger partial charge is 0.416 e. The van der Waals surface area contributed by atoms with Crippen LogP contribution < -0.4 is 11.1 Å². The summed E-state index contributed by atoms with van der Waals surface area (Å²) in [6.45, 7) is 0.460. The molecule has 0 aromatic heterocycles. The van der Waals surface area contributed by atoms with Crippen LogP contribution in [0.2, 0.25) is 0 Å². The van der Waals surface area contributed by atoms with E-state index in [0.29, 0.717) is 18.2 Å². The minimum Gasteiger partial charge on any atom is -0.328 e. The maximum absolute atomic E-state index is 12.5. The fraction of sp³-hybridized carbons (Fsp3) is 0.500. The van der Waals surface area contributed by atoms with Crippen molar-refractivity contribution in [3.8, 4) is 0 Å². The molecule has 1 aromatic carbocycles. The number of benzene rings is 1. The predicted octanol–water partition coefficient (Wildman–Crippen LogP) is 2.28. The van der Waals surface area contributed by atoms with Crippen molar-refractivity contribution >= 4 is 0 Å². The van der Waals surface area contributed by atoms with Crippen LogP contribution in [0.3, 0.4) is 0 Å². The first kappa shape index (κ1) is 12.4. The third-order valence-corrected chi connectivity index (χ3v) is 3.02. The van der Waals surface area contributed by atoms with Crippen LogP contribution in [0.15, 0.2) is 24.3 Å². The lowest BCUT2D eigenvalue weighted by Crippen LogP contribution is -2.48. The zero-order valence-electron chi connectivity index (χ0n) is 9.30. The van der Waals surface area contributed by atoms with Gasteiger partial charge in [0.15, 0.2) is 0 Å². The van der Waals surface area contributed by atoms with Crippen molar-refractivity contribution in [3.05, 3.63) is 35.4 Å². The first-order valence-electron chi connectivity index (χ1n) is 5.60. The third-order valence-electron chi connectivity index (χ3n) is 3.02. The lowest BCUT2D eigenvalue weighted by molar-refractivity contribution is -0.137. The van der Waals surface area contributed by atoms with E-state index in [4.69, 9.17) is 5.73 Å². The standard InChI is InChI=1S/C12H15F3N2/c13-12(14,15)9-3-1-2-8(4-9)7-17-11-5-10(16)6-11/h1-4,10-11,17H,5-7,16H2. The maximum atomic E-state index is 12.5. The molecule has 1 aliphatic carbocycles. The molecule has 94 valence electrons. The summed E-state index contributed by atoms with van der Waals surface area (Å²) in [7, 11) is 0. The van der Waals surface area contributed by atoms with Gasteiger partial charge in [-0.15, -0.1) is 0 Å². The Labute approximate surface area is 98.0 Å². The molecule has 0 saturated heterocycles. The van der Waals surface area contributed by atoms with E-state index in [1.807, 2.05) is 0 Å². The monoisotopic (exact) mass is 244 g/mol. The van der Waals surface area contributed by atoms with Crippen LogP contribution >= 0.6 is 0 Å². The van der Waals surface area contributed by atoms with Crippen molar-refractivity contribution in [1.29, 1.82) is 0 Å². The van der Waals surface area contributed by atoms with Gasteiger partial charge in [-0.2, -0.15) is 13.2 Å². The summed E-state index contributed by atoms with van der Waals surface area (Å²) in [6, 6.07) is 6.00. The van der Waals surface area contributed by atoms with E-state index in [1.165, 1.54) is 12.1 Å². The molecule has 0 radical (unpaired) electrons. The molecular formula is C12H15F3N2. The Morgan fingerprint density at radius 3 is 2.59 bits per heavy atom. The molecule has 1 saturated carbocycles. The molecule has 5 heteroatoms. The summed E-state index contributed by atoms with van der Waals surface area (Å²) < 4.78 is 37.4. The molecule has 0 unspecified atom stereocenters. The van der Waals surface area contributed by atoms with Crippen LogP contribution in [-0.4, -0.2) is 12.1 Å². The third kappa shape index (κ3) is 3.20. The van der Waals surface area contributed by atoms with Crippen LogP contribution in [0.25, 0.3) is 0 Å². The molecule has 0 spiro atoms. The molecule has 0 bridgehead atoms. The van der Waals surface area contributed by atoms with Crippen molar-refractivity contribution in [2.24, 2.45) is 5.73 Å². The first-order valence-corrected chi connectivity index (χ1v) is 5.60. The van der Waals surface area contributed by atoms with Gasteiger partial charge in [-0.1, -0.05) is 18.2 Å². The van der Waals surface area contributed by atoms with Gasteiger partial charge in [0.1, 0.15) is 0 Å². The number of hydrogen-bond donors (Lipinski definition) is 2. The second-order valence-electron chi connectivity index (χ2n) is 4.51. The van der Waals surface area contributed by atoms with E-state index in [9.17, 15) is 13.2 Å². The zero-order chi connectivity index (χ0) is 12.5. The summed E-state index contributed by atoms with van der Waals surface area (Å²) in [5.74, 6) is 0. The molecule has 3 N–H and O–H groups in total. The van der Waals surface area contributed by atoms with Gasteiger partial charge in [-0.25, -0.2) is 0 Å². The highest BCUT2D eigenvalue weighted by Crippen LogP contribution is 2.29. The van der Waals surface area contributed by atoms with Gasteiger partial charge in [0.2, 0.25) is 0 Å². The number of nitrogens with two attached hydrogens (primary N) is 1. The second-order valence-corrected chi connectivity index (χ2v) is 4.51. The van der Waals surface area contributed by atoms with Crippen molar-refractivity contribution in [2.75, 3.05) is 0 Å². The molecule has 1 fully saturated rings. The van der Waals surface area contributed by atoms with Crippen molar-refractivity contribution in [3.63, 3.8) is 0 Å². The van der Waals surface area contributed by atoms with Gasteiger partial charge < -0.3 is 11.1 Å². The lowest BCUT2D eigenvalue weighted by atomic mass is 9.87. The highest BCUT2D eigenvalue weighted by Gasteiger charge is 2.30. The van der Waals surface area contributed by atoms with E-state index in [-0.39, 0.29) is 6.04 Å². The zero-order valence-corrected chi connectivity index (χ0v) is 9.30. The molecular weight excluding hydrogens is 229 g/mol.